The molecule has 2 aromatic rings. The van der Waals surface area contributed by atoms with Crippen molar-refractivity contribution in [2.45, 2.75) is 13.0 Å². The van der Waals surface area contributed by atoms with E-state index in [4.69, 9.17) is 14.2 Å². The fourth-order valence-corrected chi connectivity index (χ4v) is 3.42. The number of nitrogens with one attached hydrogen (secondary N) is 3. The van der Waals surface area contributed by atoms with Crippen LogP contribution in [0.15, 0.2) is 52.8 Å². The SMILES string of the molecule is COC(=O)C1=C(C)NC(=O)N[C@@H]1c1ccc(OCC(=O)N/N=C\c2cc([N+](=O)[O-])ccc2O)c(OC)c1. The molecule has 0 saturated carbocycles. The van der Waals surface area contributed by atoms with Gasteiger partial charge in [0.05, 0.1) is 37.0 Å². The Bertz CT molecular complexity index is 1310. The molecule has 2 aromatic carbocycles. The van der Waals surface area contributed by atoms with Gasteiger partial charge in [-0.15, -0.1) is 0 Å². The number of allylic oxidation sites excluding steroid dienone is 1. The maximum atomic E-state index is 12.3. The van der Waals surface area contributed by atoms with Crippen molar-refractivity contribution in [3.63, 3.8) is 0 Å². The number of methoxy groups -OCH3 is 2. The first-order valence-corrected chi connectivity index (χ1v) is 10.6. The average molecular weight is 513 g/mol. The van der Waals surface area contributed by atoms with Crippen LogP contribution < -0.4 is 25.5 Å². The summed E-state index contributed by atoms with van der Waals surface area (Å²) >= 11 is 0. The predicted molar refractivity (Wildman–Crippen MR) is 128 cm³/mol. The average Bonchev–Trinajstić information content (AvgIpc) is 2.87. The van der Waals surface area contributed by atoms with Crippen molar-refractivity contribution in [1.82, 2.24) is 16.1 Å². The molecule has 0 radical (unpaired) electrons. The number of hydrogen-bond donors (Lipinski definition) is 4. The monoisotopic (exact) mass is 513 g/mol. The molecular weight excluding hydrogens is 490 g/mol. The number of phenols is 1. The lowest BCUT2D eigenvalue weighted by Crippen LogP contribution is -2.45. The zero-order chi connectivity index (χ0) is 27.1. The normalized spacial score (nSPS) is 15.0. The fraction of sp³-hybridized carbons (Fsp3) is 0.217. The molecule has 3 amide bonds. The molecule has 1 heterocycles. The van der Waals surface area contributed by atoms with E-state index in [2.05, 4.69) is 21.2 Å². The molecule has 14 nitrogen and oxygen atoms in total. The highest BCUT2D eigenvalue weighted by molar-refractivity contribution is 5.95. The van der Waals surface area contributed by atoms with E-state index in [1.54, 1.807) is 19.1 Å². The van der Waals surface area contributed by atoms with Crippen molar-refractivity contribution >= 4 is 29.8 Å². The second kappa shape index (κ2) is 11.5. The van der Waals surface area contributed by atoms with E-state index in [0.717, 1.165) is 24.4 Å². The summed E-state index contributed by atoms with van der Waals surface area (Å²) in [6, 6.07) is 6.70. The number of hydrazone groups is 1. The van der Waals surface area contributed by atoms with E-state index >= 15 is 0 Å². The molecule has 0 aliphatic carbocycles. The highest BCUT2D eigenvalue weighted by atomic mass is 16.6. The molecule has 0 bridgehead atoms. The van der Waals surface area contributed by atoms with Gasteiger partial charge in [0.15, 0.2) is 18.1 Å². The highest BCUT2D eigenvalue weighted by Crippen LogP contribution is 2.34. The Hall–Kier alpha value is -5.14. The van der Waals surface area contributed by atoms with Gasteiger partial charge in [-0.05, 0) is 30.7 Å². The summed E-state index contributed by atoms with van der Waals surface area (Å²) in [7, 11) is 2.61. The van der Waals surface area contributed by atoms with Crippen LogP contribution >= 0.6 is 0 Å². The third-order valence-corrected chi connectivity index (χ3v) is 5.17. The van der Waals surface area contributed by atoms with Crippen LogP contribution in [0.3, 0.4) is 0 Å². The standard InChI is InChI=1S/C23H23N5O9/c1-12-20(22(31)36-3)21(26-23(32)25-12)13-4-7-17(18(9-13)35-2)37-11-19(30)27-24-10-14-8-15(28(33)34)5-6-16(14)29/h4-10,21,29H,11H2,1-3H3,(H,27,30)(H2,25,26,32)/b24-10-/t21-/m1/s1. The van der Waals surface area contributed by atoms with E-state index in [0.29, 0.717) is 11.3 Å². The summed E-state index contributed by atoms with van der Waals surface area (Å²) in [5.74, 6) is -1.11. The minimum absolute atomic E-state index is 0.0355. The lowest BCUT2D eigenvalue weighted by atomic mass is 9.95. The van der Waals surface area contributed by atoms with Crippen LogP contribution in [-0.4, -0.2) is 55.0 Å². The number of hydrogen-bond acceptors (Lipinski definition) is 10. The Kier molecular flexibility index (Phi) is 8.24. The number of ether oxygens (including phenoxy) is 3. The smallest absolute Gasteiger partial charge is 0.337 e. The van der Waals surface area contributed by atoms with E-state index in [1.807, 2.05) is 0 Å². The molecule has 0 spiro atoms. The van der Waals surface area contributed by atoms with Gasteiger partial charge in [-0.25, -0.2) is 15.0 Å². The maximum Gasteiger partial charge on any atom is 0.337 e. The Morgan fingerprint density at radius 1 is 1.22 bits per heavy atom. The molecule has 14 heteroatoms. The number of nitro groups is 1. The van der Waals surface area contributed by atoms with Crippen molar-refractivity contribution in [1.29, 1.82) is 0 Å². The summed E-state index contributed by atoms with van der Waals surface area (Å²) in [5.41, 5.74) is 3.03. The third kappa shape index (κ3) is 6.30. The van der Waals surface area contributed by atoms with E-state index in [-0.39, 0.29) is 34.1 Å². The van der Waals surface area contributed by atoms with Crippen LogP contribution in [0, 0.1) is 10.1 Å². The van der Waals surface area contributed by atoms with Crippen LogP contribution in [0.5, 0.6) is 17.2 Å². The number of phenolic OH excluding ortho intramolecular Hbond substituents is 1. The molecule has 0 fully saturated rings. The molecule has 37 heavy (non-hydrogen) atoms. The third-order valence-electron chi connectivity index (χ3n) is 5.17. The van der Waals surface area contributed by atoms with Gasteiger partial charge in [0.25, 0.3) is 11.6 Å². The zero-order valence-corrected chi connectivity index (χ0v) is 19.9. The van der Waals surface area contributed by atoms with E-state index in [1.165, 1.54) is 20.3 Å². The first-order valence-electron chi connectivity index (χ1n) is 10.6. The van der Waals surface area contributed by atoms with Gasteiger partial charge < -0.3 is 30.0 Å². The molecule has 3 rings (SSSR count). The molecule has 1 atom stereocenters. The number of rotatable bonds is 9. The highest BCUT2D eigenvalue weighted by Gasteiger charge is 2.32. The van der Waals surface area contributed by atoms with Gasteiger partial charge in [0.1, 0.15) is 5.75 Å². The molecular formula is C23H23N5O9. The topological polar surface area (TPSA) is 191 Å². The summed E-state index contributed by atoms with van der Waals surface area (Å²) in [5, 5.41) is 29.5. The minimum atomic E-state index is -0.813. The van der Waals surface area contributed by atoms with Crippen LogP contribution in [0.4, 0.5) is 10.5 Å². The van der Waals surface area contributed by atoms with Crippen LogP contribution in [-0.2, 0) is 14.3 Å². The fourth-order valence-electron chi connectivity index (χ4n) is 3.42. The molecule has 0 unspecified atom stereocenters. The van der Waals surface area contributed by atoms with E-state index < -0.39 is 35.5 Å². The lowest BCUT2D eigenvalue weighted by Gasteiger charge is -2.28. The Labute approximate surface area is 210 Å². The zero-order valence-electron chi connectivity index (χ0n) is 19.9. The van der Waals surface area contributed by atoms with Gasteiger partial charge in [0, 0.05) is 23.4 Å². The first-order chi connectivity index (χ1) is 17.6. The minimum Gasteiger partial charge on any atom is -0.507 e. The predicted octanol–water partition coefficient (Wildman–Crippen LogP) is 1.64. The maximum absolute atomic E-state index is 12.3. The lowest BCUT2D eigenvalue weighted by molar-refractivity contribution is -0.384. The second-order valence-electron chi connectivity index (χ2n) is 7.55. The van der Waals surface area contributed by atoms with Gasteiger partial charge in [-0.1, -0.05) is 6.07 Å². The number of amides is 3. The molecule has 1 aliphatic rings. The van der Waals surface area contributed by atoms with Gasteiger partial charge >= 0.3 is 12.0 Å². The number of aromatic hydroxyl groups is 1. The number of non-ortho nitro benzene ring substituents is 1. The van der Waals surface area contributed by atoms with Crippen LogP contribution in [0.2, 0.25) is 0 Å². The van der Waals surface area contributed by atoms with Gasteiger partial charge in [-0.2, -0.15) is 5.10 Å². The Morgan fingerprint density at radius 2 is 1.97 bits per heavy atom. The Balaban J connectivity index is 1.69. The molecule has 1 aliphatic heterocycles. The number of esters is 1. The summed E-state index contributed by atoms with van der Waals surface area (Å²) in [6.45, 7) is 1.11. The summed E-state index contributed by atoms with van der Waals surface area (Å²) < 4.78 is 15.7. The number of carbonyl (C=O) groups is 3. The van der Waals surface area contributed by atoms with Crippen molar-refractivity contribution in [2.75, 3.05) is 20.8 Å². The number of nitro benzene ring substituents is 1. The molecule has 0 saturated heterocycles. The van der Waals surface area contributed by atoms with Gasteiger partial charge in [0.2, 0.25) is 0 Å². The Morgan fingerprint density at radius 3 is 2.65 bits per heavy atom. The van der Waals surface area contributed by atoms with Gasteiger partial charge in [-0.3, -0.25) is 14.9 Å². The number of nitrogens with zero attached hydrogens (tertiary/aromatic N) is 2. The molecule has 0 aromatic heterocycles. The quantitative estimate of drug-likeness (QED) is 0.167. The van der Waals surface area contributed by atoms with Crippen molar-refractivity contribution in [3.8, 4) is 17.2 Å². The number of urea groups is 1. The van der Waals surface area contributed by atoms with Crippen molar-refractivity contribution in [3.05, 3.63) is 68.9 Å². The summed E-state index contributed by atoms with van der Waals surface area (Å²) in [6.07, 6.45) is 1.05. The number of benzene rings is 2. The van der Waals surface area contributed by atoms with Crippen LogP contribution in [0.1, 0.15) is 24.1 Å². The molecule has 4 N–H and O–H groups in total. The number of carbonyl (C=O) groups excluding carboxylic acids is 3. The summed E-state index contributed by atoms with van der Waals surface area (Å²) in [4.78, 5) is 46.6. The van der Waals surface area contributed by atoms with Crippen LogP contribution in [0.25, 0.3) is 0 Å². The van der Waals surface area contributed by atoms with Crippen molar-refractivity contribution < 1.29 is 38.6 Å². The van der Waals surface area contributed by atoms with E-state index in [9.17, 15) is 29.6 Å². The molecule has 194 valence electrons. The second-order valence-corrected chi connectivity index (χ2v) is 7.55. The largest absolute Gasteiger partial charge is 0.507 e. The van der Waals surface area contributed by atoms with Crippen molar-refractivity contribution in [2.24, 2.45) is 5.10 Å². The first kappa shape index (κ1) is 26.5.